The second kappa shape index (κ2) is 7.64. The van der Waals surface area contributed by atoms with Gasteiger partial charge in [-0.2, -0.15) is 5.26 Å². The number of pyridine rings is 1. The zero-order chi connectivity index (χ0) is 16.8. The lowest BCUT2D eigenvalue weighted by Crippen LogP contribution is -2.40. The van der Waals surface area contributed by atoms with E-state index in [0.717, 1.165) is 0 Å². The Morgan fingerprint density at radius 2 is 2.09 bits per heavy atom. The first-order valence-electron chi connectivity index (χ1n) is 7.32. The second-order valence-electron chi connectivity index (χ2n) is 6.00. The first-order chi connectivity index (χ1) is 10.3. The maximum Gasteiger partial charge on any atom is 0.410 e. The third-order valence-corrected chi connectivity index (χ3v) is 3.00. The van der Waals surface area contributed by atoms with Crippen molar-refractivity contribution in [3.05, 3.63) is 23.9 Å². The van der Waals surface area contributed by atoms with Gasteiger partial charge in [-0.25, -0.2) is 9.78 Å². The summed E-state index contributed by atoms with van der Waals surface area (Å²) >= 11 is 0. The molecule has 22 heavy (non-hydrogen) atoms. The van der Waals surface area contributed by atoms with Crippen molar-refractivity contribution in [2.24, 2.45) is 0 Å². The van der Waals surface area contributed by atoms with Crippen LogP contribution in [0.4, 0.5) is 10.6 Å². The molecule has 0 aliphatic rings. The van der Waals surface area contributed by atoms with E-state index >= 15 is 0 Å². The van der Waals surface area contributed by atoms with E-state index in [1.165, 1.54) is 0 Å². The van der Waals surface area contributed by atoms with Crippen LogP contribution >= 0.6 is 0 Å². The average molecular weight is 304 g/mol. The van der Waals surface area contributed by atoms with Gasteiger partial charge in [0, 0.05) is 32.9 Å². The number of hydrogen-bond acceptors (Lipinski definition) is 5. The fraction of sp³-hybridized carbons (Fsp3) is 0.562. The van der Waals surface area contributed by atoms with Gasteiger partial charge in [-0.05, 0) is 39.8 Å². The van der Waals surface area contributed by atoms with Crippen LogP contribution in [0.1, 0.15) is 33.3 Å². The molecule has 0 N–H and O–H groups in total. The molecule has 0 aliphatic carbocycles. The van der Waals surface area contributed by atoms with Crippen molar-refractivity contribution in [2.75, 3.05) is 31.6 Å². The van der Waals surface area contributed by atoms with Crippen LogP contribution in [0.2, 0.25) is 0 Å². The lowest BCUT2D eigenvalue weighted by molar-refractivity contribution is 0.0265. The molecule has 0 unspecified atom stereocenters. The van der Waals surface area contributed by atoms with Crippen LogP contribution in [0.3, 0.4) is 0 Å². The quantitative estimate of drug-likeness (QED) is 0.836. The zero-order valence-corrected chi connectivity index (χ0v) is 14.0. The number of ether oxygens (including phenoxy) is 1. The second-order valence-corrected chi connectivity index (χ2v) is 6.00. The molecule has 0 radical (unpaired) electrons. The highest BCUT2D eigenvalue weighted by molar-refractivity contribution is 5.68. The zero-order valence-electron chi connectivity index (χ0n) is 14.0. The standard InChI is InChI=1S/C16H24N4O2/c1-6-20(15(21)22-16(2,3)4)10-9-19(5)14-11-13(12-17)7-8-18-14/h7-8,11H,6,9-10H2,1-5H3. The number of carbonyl (C=O) groups excluding carboxylic acids is 1. The number of anilines is 1. The van der Waals surface area contributed by atoms with E-state index in [4.69, 9.17) is 10.00 Å². The summed E-state index contributed by atoms with van der Waals surface area (Å²) < 4.78 is 5.38. The van der Waals surface area contributed by atoms with Gasteiger partial charge in [0.2, 0.25) is 0 Å². The molecule has 0 saturated heterocycles. The highest BCUT2D eigenvalue weighted by Gasteiger charge is 2.21. The SMILES string of the molecule is CCN(CCN(C)c1cc(C#N)ccn1)C(=O)OC(C)(C)C. The van der Waals surface area contributed by atoms with Crippen LogP contribution in [0.5, 0.6) is 0 Å². The Bertz CT molecular complexity index is 546. The van der Waals surface area contributed by atoms with Gasteiger partial charge in [-0.3, -0.25) is 0 Å². The van der Waals surface area contributed by atoms with Crippen LogP contribution in [0.25, 0.3) is 0 Å². The van der Waals surface area contributed by atoms with Crippen LogP contribution in [-0.2, 0) is 4.74 Å². The maximum atomic E-state index is 12.1. The topological polar surface area (TPSA) is 69.5 Å². The minimum Gasteiger partial charge on any atom is -0.444 e. The molecular formula is C16H24N4O2. The molecule has 120 valence electrons. The fourth-order valence-corrected chi connectivity index (χ4v) is 1.79. The first-order valence-corrected chi connectivity index (χ1v) is 7.32. The number of hydrogen-bond donors (Lipinski definition) is 0. The molecule has 0 aromatic carbocycles. The Balaban J connectivity index is 2.62. The molecule has 6 heteroatoms. The van der Waals surface area contributed by atoms with E-state index in [1.807, 2.05) is 39.6 Å². The number of nitriles is 1. The van der Waals surface area contributed by atoms with Crippen molar-refractivity contribution in [3.8, 4) is 6.07 Å². The van der Waals surface area contributed by atoms with E-state index in [9.17, 15) is 4.79 Å². The summed E-state index contributed by atoms with van der Waals surface area (Å²) in [5.41, 5.74) is 0.0652. The summed E-state index contributed by atoms with van der Waals surface area (Å²) in [6, 6.07) is 5.48. The summed E-state index contributed by atoms with van der Waals surface area (Å²) in [6.07, 6.45) is 1.29. The van der Waals surface area contributed by atoms with Crippen molar-refractivity contribution < 1.29 is 9.53 Å². The molecule has 0 saturated carbocycles. The summed E-state index contributed by atoms with van der Waals surface area (Å²) in [7, 11) is 1.88. The first kappa shape index (κ1) is 17.8. The number of rotatable bonds is 5. The third-order valence-electron chi connectivity index (χ3n) is 3.00. The maximum absolute atomic E-state index is 12.1. The van der Waals surface area contributed by atoms with Crippen LogP contribution in [0.15, 0.2) is 18.3 Å². The number of amides is 1. The van der Waals surface area contributed by atoms with E-state index < -0.39 is 5.60 Å². The molecule has 0 spiro atoms. The number of aromatic nitrogens is 1. The Morgan fingerprint density at radius 3 is 2.64 bits per heavy atom. The number of carbonyl (C=O) groups is 1. The summed E-state index contributed by atoms with van der Waals surface area (Å²) in [5.74, 6) is 0.708. The van der Waals surface area contributed by atoms with Gasteiger partial charge in [0.1, 0.15) is 11.4 Å². The Hall–Kier alpha value is -2.29. The molecular weight excluding hydrogens is 280 g/mol. The smallest absolute Gasteiger partial charge is 0.410 e. The molecule has 1 rings (SSSR count). The van der Waals surface area contributed by atoms with Gasteiger partial charge in [-0.15, -0.1) is 0 Å². The van der Waals surface area contributed by atoms with E-state index in [-0.39, 0.29) is 6.09 Å². The number of likely N-dealkylation sites (N-methyl/N-ethyl adjacent to an activating group) is 2. The monoisotopic (exact) mass is 304 g/mol. The fourth-order valence-electron chi connectivity index (χ4n) is 1.79. The van der Waals surface area contributed by atoms with Gasteiger partial charge in [0.25, 0.3) is 0 Å². The van der Waals surface area contributed by atoms with Crippen molar-refractivity contribution in [2.45, 2.75) is 33.3 Å². The lowest BCUT2D eigenvalue weighted by atomic mass is 10.2. The molecule has 6 nitrogen and oxygen atoms in total. The largest absolute Gasteiger partial charge is 0.444 e. The summed E-state index contributed by atoms with van der Waals surface area (Å²) in [5, 5.41) is 8.92. The molecule has 1 aromatic heterocycles. The van der Waals surface area contributed by atoms with Gasteiger partial charge >= 0.3 is 6.09 Å². The van der Waals surface area contributed by atoms with Crippen molar-refractivity contribution in [3.63, 3.8) is 0 Å². The van der Waals surface area contributed by atoms with Gasteiger partial charge < -0.3 is 14.5 Å². The van der Waals surface area contributed by atoms with Crippen molar-refractivity contribution in [1.82, 2.24) is 9.88 Å². The van der Waals surface area contributed by atoms with E-state index in [2.05, 4.69) is 11.1 Å². The van der Waals surface area contributed by atoms with Gasteiger partial charge in [0.05, 0.1) is 11.6 Å². The molecule has 0 aliphatic heterocycles. The van der Waals surface area contributed by atoms with Crippen molar-refractivity contribution in [1.29, 1.82) is 5.26 Å². The normalized spacial score (nSPS) is 10.7. The van der Waals surface area contributed by atoms with Crippen LogP contribution < -0.4 is 4.90 Å². The highest BCUT2D eigenvalue weighted by Crippen LogP contribution is 2.12. The van der Waals surface area contributed by atoms with E-state index in [0.29, 0.717) is 31.0 Å². The average Bonchev–Trinajstić information content (AvgIpc) is 2.45. The minimum absolute atomic E-state index is 0.317. The Kier molecular flexibility index (Phi) is 6.17. The Morgan fingerprint density at radius 1 is 1.41 bits per heavy atom. The van der Waals surface area contributed by atoms with Crippen LogP contribution in [-0.4, -0.2) is 48.3 Å². The van der Waals surface area contributed by atoms with Gasteiger partial charge in [-0.1, -0.05) is 0 Å². The van der Waals surface area contributed by atoms with E-state index in [1.54, 1.807) is 23.2 Å². The predicted octanol–water partition coefficient (Wildman–Crippen LogP) is 2.65. The molecule has 0 atom stereocenters. The molecule has 0 bridgehead atoms. The predicted molar refractivity (Wildman–Crippen MR) is 85.7 cm³/mol. The molecule has 1 amide bonds. The number of nitrogens with zero attached hydrogens (tertiary/aromatic N) is 4. The third kappa shape index (κ3) is 5.60. The lowest BCUT2D eigenvalue weighted by Gasteiger charge is -2.28. The summed E-state index contributed by atoms with van der Waals surface area (Å²) in [6.45, 7) is 9.18. The molecule has 1 heterocycles. The highest BCUT2D eigenvalue weighted by atomic mass is 16.6. The van der Waals surface area contributed by atoms with Crippen LogP contribution in [0, 0.1) is 11.3 Å². The Labute approximate surface area is 132 Å². The molecule has 0 fully saturated rings. The van der Waals surface area contributed by atoms with Gasteiger partial charge in [0.15, 0.2) is 0 Å². The van der Waals surface area contributed by atoms with Crippen molar-refractivity contribution >= 4 is 11.9 Å². The molecule has 1 aromatic rings. The minimum atomic E-state index is -0.501. The summed E-state index contributed by atoms with van der Waals surface area (Å²) in [4.78, 5) is 19.9.